The first kappa shape index (κ1) is 17.1. The third-order valence-electron chi connectivity index (χ3n) is 3.85. The Morgan fingerprint density at radius 2 is 2.04 bits per heavy atom. The number of hydrogen-bond donors (Lipinski definition) is 2. The molecule has 6 heteroatoms. The molecule has 0 saturated carbocycles. The summed E-state index contributed by atoms with van der Waals surface area (Å²) in [5.41, 5.74) is 7.07. The molecular weight excluding hydrogens is 297 g/mol. The smallest absolute Gasteiger partial charge is 0.231 e. The van der Waals surface area contributed by atoms with Crippen LogP contribution in [0.25, 0.3) is 0 Å². The van der Waals surface area contributed by atoms with E-state index in [0.29, 0.717) is 6.54 Å². The van der Waals surface area contributed by atoms with E-state index in [1.54, 1.807) is 12.1 Å². The van der Waals surface area contributed by atoms with Crippen molar-refractivity contribution in [3.8, 4) is 0 Å². The van der Waals surface area contributed by atoms with Gasteiger partial charge in [0, 0.05) is 19.1 Å². The summed E-state index contributed by atoms with van der Waals surface area (Å²) in [5.74, 6) is -0.777. The zero-order valence-corrected chi connectivity index (χ0v) is 13.2. The minimum Gasteiger partial charge on any atom is -0.369 e. The van der Waals surface area contributed by atoms with E-state index in [2.05, 4.69) is 11.4 Å². The Kier molecular flexibility index (Phi) is 5.87. The number of primary amides is 1. The first-order valence-electron chi connectivity index (χ1n) is 7.67. The molecule has 0 aromatic heterocycles. The van der Waals surface area contributed by atoms with E-state index in [0.717, 1.165) is 24.1 Å². The second kappa shape index (κ2) is 7.87. The minimum absolute atomic E-state index is 0.112. The largest absolute Gasteiger partial charge is 0.369 e. The van der Waals surface area contributed by atoms with Crippen LogP contribution in [-0.2, 0) is 16.0 Å². The van der Waals surface area contributed by atoms with Gasteiger partial charge < -0.3 is 11.1 Å². The summed E-state index contributed by atoms with van der Waals surface area (Å²) >= 11 is 0. The third kappa shape index (κ3) is 5.49. The van der Waals surface area contributed by atoms with Crippen molar-refractivity contribution in [3.63, 3.8) is 0 Å². The fourth-order valence-corrected chi connectivity index (χ4v) is 2.68. The molecule has 1 aromatic rings. The number of nitrogens with zero attached hydrogens (tertiary/aromatic N) is 1. The highest BCUT2D eigenvalue weighted by atomic mass is 19.1. The zero-order chi connectivity index (χ0) is 16.8. The van der Waals surface area contributed by atoms with Crippen LogP contribution in [0.2, 0.25) is 0 Å². The number of amides is 2. The standard InChI is InChI=1S/C17H22FN3O2/c1-12(14-3-2-8-21(10-14)11-16(19)22)20-17(23)9-13-4-6-15(18)7-5-13/h3-7,12H,2,8-11H2,1H3,(H2,19,22)(H,20,23). The average Bonchev–Trinajstić information content (AvgIpc) is 2.49. The molecule has 1 aliphatic heterocycles. The molecule has 0 aliphatic carbocycles. The van der Waals surface area contributed by atoms with Gasteiger partial charge in [-0.3, -0.25) is 14.5 Å². The van der Waals surface area contributed by atoms with E-state index in [4.69, 9.17) is 5.73 Å². The highest BCUT2D eigenvalue weighted by Gasteiger charge is 2.19. The molecule has 1 heterocycles. The number of nitrogens with one attached hydrogen (secondary N) is 1. The van der Waals surface area contributed by atoms with Gasteiger partial charge in [-0.25, -0.2) is 4.39 Å². The molecule has 124 valence electrons. The summed E-state index contributed by atoms with van der Waals surface area (Å²) in [6.45, 7) is 3.57. The highest BCUT2D eigenvalue weighted by Crippen LogP contribution is 2.13. The molecule has 2 rings (SSSR count). The SMILES string of the molecule is CC(NC(=O)Cc1ccc(F)cc1)C1=CCCN(CC(N)=O)C1. The van der Waals surface area contributed by atoms with E-state index < -0.39 is 0 Å². The van der Waals surface area contributed by atoms with E-state index in [-0.39, 0.29) is 36.6 Å². The van der Waals surface area contributed by atoms with Crippen molar-refractivity contribution in [3.05, 3.63) is 47.3 Å². The fourth-order valence-electron chi connectivity index (χ4n) is 2.68. The summed E-state index contributed by atoms with van der Waals surface area (Å²) in [5, 5.41) is 2.94. The number of halogens is 1. The van der Waals surface area contributed by atoms with Gasteiger partial charge in [0.15, 0.2) is 0 Å². The van der Waals surface area contributed by atoms with Crippen LogP contribution in [0.3, 0.4) is 0 Å². The summed E-state index contributed by atoms with van der Waals surface area (Å²) in [7, 11) is 0. The van der Waals surface area contributed by atoms with Crippen molar-refractivity contribution in [2.45, 2.75) is 25.8 Å². The summed E-state index contributed by atoms with van der Waals surface area (Å²) in [6, 6.07) is 5.79. The van der Waals surface area contributed by atoms with Gasteiger partial charge in [-0.05, 0) is 36.6 Å². The van der Waals surface area contributed by atoms with E-state index in [9.17, 15) is 14.0 Å². The molecule has 1 aliphatic rings. The highest BCUT2D eigenvalue weighted by molar-refractivity contribution is 5.79. The molecule has 5 nitrogen and oxygen atoms in total. The number of nitrogens with two attached hydrogens (primary N) is 1. The predicted molar refractivity (Wildman–Crippen MR) is 86.0 cm³/mol. The van der Waals surface area contributed by atoms with E-state index in [1.165, 1.54) is 12.1 Å². The Hall–Kier alpha value is -2.21. The zero-order valence-electron chi connectivity index (χ0n) is 13.2. The van der Waals surface area contributed by atoms with Crippen LogP contribution in [-0.4, -0.2) is 42.4 Å². The monoisotopic (exact) mass is 319 g/mol. The lowest BCUT2D eigenvalue weighted by Gasteiger charge is -2.29. The second-order valence-corrected chi connectivity index (χ2v) is 5.84. The summed E-state index contributed by atoms with van der Waals surface area (Å²) in [4.78, 5) is 25.1. The van der Waals surface area contributed by atoms with Crippen LogP contribution < -0.4 is 11.1 Å². The lowest BCUT2D eigenvalue weighted by molar-refractivity contribution is -0.121. The Morgan fingerprint density at radius 1 is 1.35 bits per heavy atom. The molecule has 0 radical (unpaired) electrons. The fraction of sp³-hybridized carbons (Fsp3) is 0.412. The number of hydrogen-bond acceptors (Lipinski definition) is 3. The quantitative estimate of drug-likeness (QED) is 0.768. The number of carbonyl (C=O) groups is 2. The van der Waals surface area contributed by atoms with Gasteiger partial charge in [-0.15, -0.1) is 0 Å². The molecule has 3 N–H and O–H groups in total. The van der Waals surface area contributed by atoms with Crippen molar-refractivity contribution in [2.24, 2.45) is 5.73 Å². The molecule has 0 spiro atoms. The van der Waals surface area contributed by atoms with Crippen molar-refractivity contribution < 1.29 is 14.0 Å². The number of benzene rings is 1. The van der Waals surface area contributed by atoms with Crippen LogP contribution in [0.15, 0.2) is 35.9 Å². The number of rotatable bonds is 6. The van der Waals surface area contributed by atoms with Crippen molar-refractivity contribution >= 4 is 11.8 Å². The van der Waals surface area contributed by atoms with Gasteiger partial charge in [0.1, 0.15) is 5.82 Å². The summed E-state index contributed by atoms with van der Waals surface area (Å²) in [6.07, 6.45) is 3.14. The van der Waals surface area contributed by atoms with Gasteiger partial charge in [-0.2, -0.15) is 0 Å². The van der Waals surface area contributed by atoms with Crippen molar-refractivity contribution in [1.82, 2.24) is 10.2 Å². The Morgan fingerprint density at radius 3 is 2.70 bits per heavy atom. The maximum absolute atomic E-state index is 12.9. The van der Waals surface area contributed by atoms with Gasteiger partial charge >= 0.3 is 0 Å². The normalized spacial score (nSPS) is 16.5. The van der Waals surface area contributed by atoms with Gasteiger partial charge in [0.2, 0.25) is 11.8 Å². The molecule has 1 atom stereocenters. The molecule has 0 saturated heterocycles. The first-order chi connectivity index (χ1) is 10.9. The third-order valence-corrected chi connectivity index (χ3v) is 3.85. The molecule has 0 bridgehead atoms. The first-order valence-corrected chi connectivity index (χ1v) is 7.67. The van der Waals surface area contributed by atoms with Crippen LogP contribution in [0.1, 0.15) is 18.9 Å². The van der Waals surface area contributed by atoms with Gasteiger partial charge in [0.05, 0.1) is 13.0 Å². The molecular formula is C17H22FN3O2. The van der Waals surface area contributed by atoms with Crippen LogP contribution in [0.4, 0.5) is 4.39 Å². The predicted octanol–water partition coefficient (Wildman–Crippen LogP) is 0.990. The van der Waals surface area contributed by atoms with Gasteiger partial charge in [0.25, 0.3) is 0 Å². The maximum atomic E-state index is 12.9. The Bertz CT molecular complexity index is 598. The molecule has 1 aromatic carbocycles. The van der Waals surface area contributed by atoms with Crippen LogP contribution in [0, 0.1) is 5.82 Å². The lowest BCUT2D eigenvalue weighted by Crippen LogP contribution is -2.43. The van der Waals surface area contributed by atoms with Crippen molar-refractivity contribution in [2.75, 3.05) is 19.6 Å². The molecule has 0 fully saturated rings. The Balaban J connectivity index is 1.86. The average molecular weight is 319 g/mol. The number of carbonyl (C=O) groups excluding carboxylic acids is 2. The second-order valence-electron chi connectivity index (χ2n) is 5.84. The topological polar surface area (TPSA) is 75.4 Å². The molecule has 2 amide bonds. The van der Waals surface area contributed by atoms with Crippen LogP contribution >= 0.6 is 0 Å². The summed E-state index contributed by atoms with van der Waals surface area (Å²) < 4.78 is 12.9. The minimum atomic E-state index is -0.348. The Labute approximate surface area is 135 Å². The van der Waals surface area contributed by atoms with Crippen molar-refractivity contribution in [1.29, 1.82) is 0 Å². The van der Waals surface area contributed by atoms with E-state index in [1.807, 2.05) is 11.8 Å². The van der Waals surface area contributed by atoms with E-state index >= 15 is 0 Å². The molecule has 1 unspecified atom stereocenters. The maximum Gasteiger partial charge on any atom is 0.231 e. The lowest BCUT2D eigenvalue weighted by atomic mass is 10.0. The van der Waals surface area contributed by atoms with Crippen LogP contribution in [0.5, 0.6) is 0 Å². The van der Waals surface area contributed by atoms with Gasteiger partial charge in [-0.1, -0.05) is 18.2 Å². The molecule has 23 heavy (non-hydrogen) atoms.